The van der Waals surface area contributed by atoms with Crippen molar-refractivity contribution in [2.45, 2.75) is 0 Å². The molecular weight excluding hydrogens is 155 g/mol. The van der Waals surface area contributed by atoms with Crippen LogP contribution >= 0.6 is 0 Å². The van der Waals surface area contributed by atoms with Gasteiger partial charge in [-0.25, -0.2) is 0 Å². The van der Waals surface area contributed by atoms with Gasteiger partial charge in [0.25, 0.3) is 10.1 Å². The fourth-order valence-electron chi connectivity index (χ4n) is 0.151. The van der Waals surface area contributed by atoms with Crippen LogP contribution in [0.2, 0.25) is 0 Å². The third-order valence-electron chi connectivity index (χ3n) is 0.350. The minimum Gasteiger partial charge on any atom is -1.00 e. The van der Waals surface area contributed by atoms with E-state index in [2.05, 4.69) is 4.18 Å². The van der Waals surface area contributed by atoms with Gasteiger partial charge in [0.2, 0.25) is 0 Å². The molecule has 0 saturated carbocycles. The molecule has 0 aromatic carbocycles. The van der Waals surface area contributed by atoms with Gasteiger partial charge >= 0.3 is 29.6 Å². The summed E-state index contributed by atoms with van der Waals surface area (Å²) in [7, 11) is -3.42. The van der Waals surface area contributed by atoms with Gasteiger partial charge in [-0.1, -0.05) is 0 Å². The maximum Gasteiger partial charge on any atom is 1.00 e. The van der Waals surface area contributed by atoms with Crippen molar-refractivity contribution >= 4 is 16.4 Å². The van der Waals surface area contributed by atoms with Crippen molar-refractivity contribution in [3.8, 4) is 0 Å². The Morgan fingerprint density at radius 2 is 2.11 bits per heavy atom. The van der Waals surface area contributed by atoms with Crippen molar-refractivity contribution in [3.63, 3.8) is 0 Å². The van der Waals surface area contributed by atoms with Gasteiger partial charge in [0.1, 0.15) is 12.9 Å². The van der Waals surface area contributed by atoms with Crippen LogP contribution in [0.25, 0.3) is 0 Å². The first-order valence-corrected chi connectivity index (χ1v) is 3.66. The number of aldehydes is 1. The first-order valence-electron chi connectivity index (χ1n) is 1.84. The Morgan fingerprint density at radius 1 is 1.67 bits per heavy atom. The van der Waals surface area contributed by atoms with Crippen molar-refractivity contribution in [2.75, 3.05) is 12.9 Å². The molecule has 4 nitrogen and oxygen atoms in total. The van der Waals surface area contributed by atoms with Crippen LogP contribution in [0.3, 0.4) is 0 Å². The topological polar surface area (TPSA) is 60.4 Å². The second-order valence-corrected chi connectivity index (χ2v) is 2.80. The fourth-order valence-corrected chi connectivity index (χ4v) is 0.454. The smallest absolute Gasteiger partial charge is 1.00 e. The van der Waals surface area contributed by atoms with E-state index in [9.17, 15) is 13.2 Å². The molecule has 0 aliphatic carbocycles. The molecule has 0 N–H and O–H groups in total. The minimum atomic E-state index is -3.42. The van der Waals surface area contributed by atoms with E-state index in [1.807, 2.05) is 0 Å². The van der Waals surface area contributed by atoms with Crippen molar-refractivity contribution in [3.05, 3.63) is 0 Å². The van der Waals surface area contributed by atoms with Crippen LogP contribution in [0.4, 0.5) is 0 Å². The number of rotatable bonds is 3. The number of hydrogen-bond acceptors (Lipinski definition) is 4. The van der Waals surface area contributed by atoms with Crippen LogP contribution in [0, 0.1) is 0 Å². The maximum absolute atomic E-state index is 10.0. The van der Waals surface area contributed by atoms with Crippen molar-refractivity contribution in [1.82, 2.24) is 0 Å². The van der Waals surface area contributed by atoms with E-state index in [0.29, 0.717) is 6.29 Å². The summed E-state index contributed by atoms with van der Waals surface area (Å²) in [6, 6.07) is 0. The monoisotopic (exact) mass is 162 g/mol. The molecule has 0 saturated heterocycles. The van der Waals surface area contributed by atoms with Gasteiger partial charge in [-0.3, -0.25) is 4.18 Å². The number of carbonyl (C=O) groups is 1. The standard InChI is InChI=1S/C3H6O4S.Na.H/c1-8(5,6)7-3-2-4;;/h2H,3H2,1H3;;/q;+1;-1. The Kier molecular flexibility index (Phi) is 7.33. The summed E-state index contributed by atoms with van der Waals surface area (Å²) < 4.78 is 24.0. The first kappa shape index (κ1) is 12.3. The second-order valence-electron chi connectivity index (χ2n) is 1.16. The summed E-state index contributed by atoms with van der Waals surface area (Å²) >= 11 is 0. The average Bonchev–Trinajstić information content (AvgIpc) is 1.59. The van der Waals surface area contributed by atoms with E-state index in [1.54, 1.807) is 0 Å². The Hall–Kier alpha value is 0.580. The molecule has 0 rings (SSSR count). The largest absolute Gasteiger partial charge is 1.00 e. The van der Waals surface area contributed by atoms with Crippen LogP contribution in [-0.2, 0) is 19.1 Å². The van der Waals surface area contributed by atoms with Gasteiger partial charge in [-0.2, -0.15) is 8.42 Å². The van der Waals surface area contributed by atoms with Gasteiger partial charge < -0.3 is 6.22 Å². The molecule has 0 amide bonds. The molecular formula is C3H7NaO4S. The zero-order valence-corrected chi connectivity index (χ0v) is 8.14. The van der Waals surface area contributed by atoms with E-state index in [0.717, 1.165) is 6.26 Å². The normalized spacial score (nSPS) is 9.89. The predicted molar refractivity (Wildman–Crippen MR) is 28.0 cm³/mol. The van der Waals surface area contributed by atoms with Gasteiger partial charge in [-0.15, -0.1) is 0 Å². The molecule has 6 heteroatoms. The van der Waals surface area contributed by atoms with Crippen LogP contribution in [-0.4, -0.2) is 27.6 Å². The summed E-state index contributed by atoms with van der Waals surface area (Å²) in [4.78, 5) is 9.46. The van der Waals surface area contributed by atoms with Crippen molar-refractivity contribution in [1.29, 1.82) is 0 Å². The molecule has 0 aromatic rings. The quantitative estimate of drug-likeness (QED) is 0.243. The van der Waals surface area contributed by atoms with E-state index >= 15 is 0 Å². The Morgan fingerprint density at radius 3 is 2.22 bits per heavy atom. The molecule has 0 radical (unpaired) electrons. The van der Waals surface area contributed by atoms with Crippen molar-refractivity contribution in [2.24, 2.45) is 0 Å². The molecule has 0 aliphatic rings. The van der Waals surface area contributed by atoms with Crippen LogP contribution in [0.5, 0.6) is 0 Å². The summed E-state index contributed by atoms with van der Waals surface area (Å²) in [5, 5.41) is 0. The first-order chi connectivity index (χ1) is 3.56. The van der Waals surface area contributed by atoms with Crippen LogP contribution in [0.1, 0.15) is 1.43 Å². The Balaban J connectivity index is -0.000000245. The average molecular weight is 162 g/mol. The number of hydrogen-bond donors (Lipinski definition) is 0. The number of carbonyl (C=O) groups excluding carboxylic acids is 1. The second kappa shape index (κ2) is 5.37. The van der Waals surface area contributed by atoms with E-state index in [-0.39, 0.29) is 31.0 Å². The van der Waals surface area contributed by atoms with E-state index in [1.165, 1.54) is 0 Å². The Bertz CT molecular complexity index is 165. The van der Waals surface area contributed by atoms with Crippen LogP contribution < -0.4 is 29.6 Å². The van der Waals surface area contributed by atoms with Gasteiger partial charge in [-0.05, 0) is 0 Å². The molecule has 0 heterocycles. The fraction of sp³-hybridized carbons (Fsp3) is 0.667. The molecule has 0 spiro atoms. The third kappa shape index (κ3) is 11.9. The summed E-state index contributed by atoms with van der Waals surface area (Å²) in [5.41, 5.74) is 0. The van der Waals surface area contributed by atoms with Gasteiger partial charge in [0, 0.05) is 0 Å². The summed E-state index contributed by atoms with van der Waals surface area (Å²) in [6.07, 6.45) is 1.26. The molecule has 9 heavy (non-hydrogen) atoms. The molecule has 0 aromatic heterocycles. The molecule has 0 fully saturated rings. The Labute approximate surface area is 77.5 Å². The summed E-state index contributed by atoms with van der Waals surface area (Å²) in [5.74, 6) is 0. The third-order valence-corrected chi connectivity index (χ3v) is 0.914. The zero-order valence-electron chi connectivity index (χ0n) is 6.33. The molecule has 50 valence electrons. The summed E-state index contributed by atoms with van der Waals surface area (Å²) in [6.45, 7) is -0.390. The maximum atomic E-state index is 10.0. The van der Waals surface area contributed by atoms with Crippen LogP contribution in [0.15, 0.2) is 0 Å². The zero-order chi connectivity index (χ0) is 6.62. The van der Waals surface area contributed by atoms with E-state index < -0.39 is 16.7 Å². The van der Waals surface area contributed by atoms with Gasteiger partial charge in [0.05, 0.1) is 6.26 Å². The SMILES string of the molecule is CS(=O)(=O)OCC=O.[H-].[Na+]. The van der Waals surface area contributed by atoms with E-state index in [4.69, 9.17) is 0 Å². The molecule has 0 bridgehead atoms. The predicted octanol–water partition coefficient (Wildman–Crippen LogP) is -3.72. The molecule has 0 aliphatic heterocycles. The molecule has 0 unspecified atom stereocenters. The van der Waals surface area contributed by atoms with Gasteiger partial charge in [0.15, 0.2) is 0 Å². The minimum absolute atomic E-state index is 0. The van der Waals surface area contributed by atoms with Crippen molar-refractivity contribution < 1.29 is 48.4 Å². The molecule has 0 atom stereocenters.